The van der Waals surface area contributed by atoms with Crippen molar-refractivity contribution in [3.63, 3.8) is 0 Å². The normalized spacial score (nSPS) is 25.0. The topological polar surface area (TPSA) is 9.23 Å². The third-order valence-electron chi connectivity index (χ3n) is 8.28. The average molecular weight is 533 g/mol. The van der Waals surface area contributed by atoms with Crippen molar-refractivity contribution < 1.29 is 26.7 Å². The van der Waals surface area contributed by atoms with E-state index in [4.69, 9.17) is 4.74 Å². The van der Waals surface area contributed by atoms with E-state index >= 15 is 0 Å². The summed E-state index contributed by atoms with van der Waals surface area (Å²) in [5, 5.41) is 0. The lowest BCUT2D eigenvalue weighted by atomic mass is 9.72. The Labute approximate surface area is 222 Å². The average Bonchev–Trinajstić information content (AvgIpc) is 2.95. The molecule has 206 valence electrons. The van der Waals surface area contributed by atoms with Gasteiger partial charge in [0.2, 0.25) is 0 Å². The molecule has 2 unspecified atom stereocenters. The van der Waals surface area contributed by atoms with Gasteiger partial charge in [0.1, 0.15) is 5.83 Å². The van der Waals surface area contributed by atoms with Gasteiger partial charge in [-0.25, -0.2) is 22.0 Å². The number of allylic oxidation sites excluding steroid dienone is 3. The molecular weight excluding hydrogens is 495 g/mol. The van der Waals surface area contributed by atoms with E-state index in [1.807, 2.05) is 31.2 Å². The van der Waals surface area contributed by atoms with Crippen molar-refractivity contribution in [1.82, 2.24) is 0 Å². The van der Waals surface area contributed by atoms with Gasteiger partial charge in [-0.05, 0) is 106 Å². The molecule has 2 fully saturated rings. The van der Waals surface area contributed by atoms with Crippen LogP contribution in [0.15, 0.2) is 54.4 Å². The van der Waals surface area contributed by atoms with Crippen LogP contribution in [0, 0.1) is 29.3 Å². The Kier molecular flexibility index (Phi) is 10.2. The van der Waals surface area contributed by atoms with Crippen molar-refractivity contribution in [3.05, 3.63) is 88.5 Å². The molecule has 0 amide bonds. The highest BCUT2D eigenvalue weighted by Crippen LogP contribution is 2.42. The van der Waals surface area contributed by atoms with Gasteiger partial charge in [0.15, 0.2) is 23.3 Å². The van der Waals surface area contributed by atoms with Crippen LogP contribution in [0.1, 0.15) is 87.3 Å². The SMILES string of the molecule is C/C=C/CC/C(F)=C(\F)c1ccc(C2CCC(C3CCC(CCc4cc(F)c(F)c(F)c4)OC3)CC2)cc1. The molecular formula is C32H37F5O. The van der Waals surface area contributed by atoms with E-state index in [-0.39, 0.29) is 12.5 Å². The summed E-state index contributed by atoms with van der Waals surface area (Å²) >= 11 is 0. The van der Waals surface area contributed by atoms with E-state index in [1.54, 1.807) is 12.1 Å². The van der Waals surface area contributed by atoms with Gasteiger partial charge in [0, 0.05) is 12.0 Å². The van der Waals surface area contributed by atoms with Crippen LogP contribution in [-0.4, -0.2) is 12.7 Å². The molecule has 1 nitrogen and oxygen atoms in total. The van der Waals surface area contributed by atoms with Crippen LogP contribution in [-0.2, 0) is 11.2 Å². The van der Waals surface area contributed by atoms with Crippen LogP contribution < -0.4 is 0 Å². The number of hydrogen-bond acceptors (Lipinski definition) is 1. The fourth-order valence-corrected chi connectivity index (χ4v) is 5.97. The Hall–Kier alpha value is -2.47. The van der Waals surface area contributed by atoms with Gasteiger partial charge in [0.25, 0.3) is 0 Å². The van der Waals surface area contributed by atoms with Crippen molar-refractivity contribution in [2.24, 2.45) is 11.8 Å². The van der Waals surface area contributed by atoms with E-state index < -0.39 is 29.1 Å². The first-order valence-electron chi connectivity index (χ1n) is 13.9. The molecule has 2 atom stereocenters. The van der Waals surface area contributed by atoms with Crippen molar-refractivity contribution in [2.75, 3.05) is 6.61 Å². The minimum atomic E-state index is -1.43. The Morgan fingerprint density at radius 1 is 0.895 bits per heavy atom. The first-order chi connectivity index (χ1) is 18.4. The van der Waals surface area contributed by atoms with E-state index in [2.05, 4.69) is 0 Å². The second-order valence-corrected chi connectivity index (χ2v) is 10.8. The molecule has 1 heterocycles. The number of ether oxygens (including phenoxy) is 1. The lowest BCUT2D eigenvalue weighted by Gasteiger charge is -2.38. The zero-order valence-corrected chi connectivity index (χ0v) is 22.0. The minimum absolute atomic E-state index is 0.0553. The monoisotopic (exact) mass is 532 g/mol. The Morgan fingerprint density at radius 2 is 1.55 bits per heavy atom. The van der Waals surface area contributed by atoms with Crippen LogP contribution >= 0.6 is 0 Å². The zero-order valence-electron chi connectivity index (χ0n) is 22.0. The predicted octanol–water partition coefficient (Wildman–Crippen LogP) is 9.77. The lowest BCUT2D eigenvalue weighted by Crippen LogP contribution is -2.32. The first kappa shape index (κ1) is 28.5. The summed E-state index contributed by atoms with van der Waals surface area (Å²) < 4.78 is 74.7. The maximum absolute atomic E-state index is 14.4. The minimum Gasteiger partial charge on any atom is -0.378 e. The zero-order chi connectivity index (χ0) is 27.1. The van der Waals surface area contributed by atoms with E-state index in [0.29, 0.717) is 54.7 Å². The second kappa shape index (κ2) is 13.5. The molecule has 0 radical (unpaired) electrons. The van der Waals surface area contributed by atoms with Crippen molar-refractivity contribution in [1.29, 1.82) is 0 Å². The summed E-state index contributed by atoms with van der Waals surface area (Å²) in [7, 11) is 0. The molecule has 0 bridgehead atoms. The number of rotatable bonds is 9. The molecule has 2 aliphatic rings. The molecule has 0 N–H and O–H groups in total. The Morgan fingerprint density at radius 3 is 2.16 bits per heavy atom. The molecule has 1 aliphatic heterocycles. The van der Waals surface area contributed by atoms with E-state index in [0.717, 1.165) is 50.7 Å². The molecule has 4 rings (SSSR count). The summed E-state index contributed by atoms with van der Waals surface area (Å²) in [4.78, 5) is 0. The van der Waals surface area contributed by atoms with Gasteiger partial charge in [-0.1, -0.05) is 36.4 Å². The number of halogens is 5. The largest absolute Gasteiger partial charge is 0.378 e. The molecule has 0 aromatic heterocycles. The molecule has 38 heavy (non-hydrogen) atoms. The fourth-order valence-electron chi connectivity index (χ4n) is 5.97. The third kappa shape index (κ3) is 7.34. The lowest BCUT2D eigenvalue weighted by molar-refractivity contribution is -0.0404. The molecule has 1 aliphatic carbocycles. The summed E-state index contributed by atoms with van der Waals surface area (Å²) in [6, 6.07) is 9.38. The highest BCUT2D eigenvalue weighted by Gasteiger charge is 2.32. The molecule has 1 saturated carbocycles. The van der Waals surface area contributed by atoms with Gasteiger partial charge in [0.05, 0.1) is 12.7 Å². The van der Waals surface area contributed by atoms with Gasteiger partial charge in [-0.15, -0.1) is 0 Å². The quantitative estimate of drug-likeness (QED) is 0.177. The van der Waals surface area contributed by atoms with Crippen LogP contribution in [0.3, 0.4) is 0 Å². The smallest absolute Gasteiger partial charge is 0.194 e. The van der Waals surface area contributed by atoms with Crippen LogP contribution in [0.4, 0.5) is 22.0 Å². The summed E-state index contributed by atoms with van der Waals surface area (Å²) in [6.45, 7) is 2.56. The first-order valence-corrected chi connectivity index (χ1v) is 13.9. The number of hydrogen-bond donors (Lipinski definition) is 0. The Balaban J connectivity index is 1.21. The standard InChI is InChI=1S/C32H37F5O/c1-2-3-4-5-28(33)31(36)25-13-11-23(12-14-25)22-7-9-24(10-8-22)26-15-17-27(38-20-26)16-6-21-18-29(34)32(37)30(35)19-21/h2-3,11-14,18-19,22,24,26-27H,4-10,15-17,20H2,1H3/b3-2+,31-28+. The highest BCUT2D eigenvalue weighted by molar-refractivity contribution is 5.61. The van der Waals surface area contributed by atoms with Crippen molar-refractivity contribution >= 4 is 5.83 Å². The van der Waals surface area contributed by atoms with E-state index in [9.17, 15) is 22.0 Å². The maximum Gasteiger partial charge on any atom is 0.194 e. The van der Waals surface area contributed by atoms with Crippen LogP contribution in [0.25, 0.3) is 5.83 Å². The number of aryl methyl sites for hydroxylation is 1. The van der Waals surface area contributed by atoms with Gasteiger partial charge >= 0.3 is 0 Å². The van der Waals surface area contributed by atoms with Crippen molar-refractivity contribution in [3.8, 4) is 0 Å². The fraction of sp³-hybridized carbons (Fsp3) is 0.500. The van der Waals surface area contributed by atoms with Crippen molar-refractivity contribution in [2.45, 2.75) is 83.2 Å². The highest BCUT2D eigenvalue weighted by atomic mass is 19.2. The second-order valence-electron chi connectivity index (χ2n) is 10.8. The summed E-state index contributed by atoms with van der Waals surface area (Å²) in [5.41, 5.74) is 1.93. The number of benzene rings is 2. The van der Waals surface area contributed by atoms with Crippen LogP contribution in [0.2, 0.25) is 0 Å². The maximum atomic E-state index is 14.4. The predicted molar refractivity (Wildman–Crippen MR) is 141 cm³/mol. The van der Waals surface area contributed by atoms with Gasteiger partial charge in [-0.2, -0.15) is 0 Å². The Bertz CT molecular complexity index is 1080. The van der Waals surface area contributed by atoms with E-state index in [1.165, 1.54) is 5.56 Å². The van der Waals surface area contributed by atoms with Gasteiger partial charge in [-0.3, -0.25) is 0 Å². The molecule has 0 spiro atoms. The summed E-state index contributed by atoms with van der Waals surface area (Å²) in [6.07, 6.45) is 11.8. The van der Waals surface area contributed by atoms with Crippen LogP contribution in [0.5, 0.6) is 0 Å². The molecule has 6 heteroatoms. The third-order valence-corrected chi connectivity index (χ3v) is 8.28. The molecule has 2 aromatic carbocycles. The van der Waals surface area contributed by atoms with Gasteiger partial charge < -0.3 is 4.74 Å². The molecule has 2 aromatic rings. The molecule has 1 saturated heterocycles. The summed E-state index contributed by atoms with van der Waals surface area (Å²) in [5.74, 6) is -3.64.